The summed E-state index contributed by atoms with van der Waals surface area (Å²) >= 11 is 7.73. The van der Waals surface area contributed by atoms with E-state index in [0.29, 0.717) is 0 Å². The van der Waals surface area contributed by atoms with E-state index in [1.807, 2.05) is 47.0 Å². The Morgan fingerprint density at radius 1 is 0.324 bits per heavy atom. The Kier molecular flexibility index (Phi) is 14.7. The summed E-state index contributed by atoms with van der Waals surface area (Å²) < 4.78 is 0. The van der Waals surface area contributed by atoms with Gasteiger partial charge >= 0.3 is 0 Å². The van der Waals surface area contributed by atoms with Gasteiger partial charge in [-0.3, -0.25) is 0 Å². The molecule has 0 aromatic heterocycles. The summed E-state index contributed by atoms with van der Waals surface area (Å²) in [7, 11) is -1.97. The van der Waals surface area contributed by atoms with E-state index in [1.54, 1.807) is 0 Å². The monoisotopic (exact) mass is 998 g/mol. The molecule has 0 atom stereocenters. The first-order valence-corrected chi connectivity index (χ1v) is 29.1. The van der Waals surface area contributed by atoms with Gasteiger partial charge in [-0.25, -0.2) is 0 Å². The topological polar surface area (TPSA) is 0 Å². The fourth-order valence-electron chi connectivity index (χ4n) is 9.90. The van der Waals surface area contributed by atoms with Crippen molar-refractivity contribution >= 4 is 77.0 Å². The predicted octanol–water partition coefficient (Wildman–Crippen LogP) is 17.2. The highest BCUT2D eigenvalue weighted by Gasteiger charge is 2.54. The Balaban J connectivity index is 1.35. The molecule has 1 aliphatic heterocycles. The van der Waals surface area contributed by atoms with Crippen LogP contribution in [0, 0.1) is 0 Å². The van der Waals surface area contributed by atoms with Crippen molar-refractivity contribution in [3.63, 3.8) is 0 Å². The second-order valence-corrected chi connectivity index (χ2v) is 24.1. The third-order valence-electron chi connectivity index (χ3n) is 12.9. The molecule has 342 valence electrons. The SMILES string of the molecule is c1ccc(CSc2cccc(C3(c4cccc(SCc5ccccc5)c4Sc4ccccc4)C(c4ccccc4)=C(c4ccccc4)C(c4ccccc4)=[Si]3c3ccccc3)c2Sc2ccccc2)cc1. The van der Waals surface area contributed by atoms with Crippen LogP contribution in [-0.2, 0) is 16.5 Å². The van der Waals surface area contributed by atoms with Crippen molar-refractivity contribution in [3.05, 3.63) is 318 Å². The van der Waals surface area contributed by atoms with E-state index >= 15 is 0 Å². The second kappa shape index (κ2) is 22.2. The molecule has 71 heavy (non-hydrogen) atoms. The van der Waals surface area contributed by atoms with Crippen molar-refractivity contribution in [3.8, 4) is 0 Å². The summed E-state index contributed by atoms with van der Waals surface area (Å²) in [6.07, 6.45) is 0. The van der Waals surface area contributed by atoms with Gasteiger partial charge in [-0.1, -0.05) is 266 Å². The van der Waals surface area contributed by atoms with Crippen LogP contribution in [0.15, 0.2) is 308 Å². The zero-order chi connectivity index (χ0) is 47.7. The molecule has 0 unspecified atom stereocenters. The summed E-state index contributed by atoms with van der Waals surface area (Å²) in [5, 5.41) is 2.07. The largest absolute Gasteiger partial charge is 0.120 e. The highest BCUT2D eigenvalue weighted by atomic mass is 32.2. The second-order valence-electron chi connectivity index (χ2n) is 17.4. The van der Waals surface area contributed by atoms with Gasteiger partial charge in [0, 0.05) is 40.9 Å². The highest BCUT2D eigenvalue weighted by Crippen LogP contribution is 2.59. The lowest BCUT2D eigenvalue weighted by Crippen LogP contribution is -2.48. The maximum absolute atomic E-state index is 2.51. The van der Waals surface area contributed by atoms with Crippen LogP contribution in [0.5, 0.6) is 0 Å². The van der Waals surface area contributed by atoms with Gasteiger partial charge in [0.05, 0.1) is 13.4 Å². The van der Waals surface area contributed by atoms with E-state index in [2.05, 4.69) is 279 Å². The molecule has 0 spiro atoms. The van der Waals surface area contributed by atoms with Gasteiger partial charge in [-0.15, -0.1) is 23.5 Å². The smallest absolute Gasteiger partial charge is 0.0770 e. The van der Waals surface area contributed by atoms with E-state index in [-0.39, 0.29) is 0 Å². The lowest BCUT2D eigenvalue weighted by Gasteiger charge is -2.41. The first-order chi connectivity index (χ1) is 35.3. The molecule has 0 fully saturated rings. The predicted molar refractivity (Wildman–Crippen MR) is 309 cm³/mol. The molecule has 0 radical (unpaired) electrons. The summed E-state index contributed by atoms with van der Waals surface area (Å²) in [4.78, 5) is 7.59. The molecule has 0 saturated heterocycles. The third kappa shape index (κ3) is 9.91. The minimum absolute atomic E-state index is 0.718. The Morgan fingerprint density at radius 3 is 1.13 bits per heavy atom. The molecule has 10 aromatic rings. The van der Waals surface area contributed by atoms with E-state index in [1.165, 1.54) is 89.8 Å². The van der Waals surface area contributed by atoms with Gasteiger partial charge in [0.15, 0.2) is 0 Å². The average Bonchev–Trinajstić information content (AvgIpc) is 3.77. The standard InChI is InChI=1S/C66H50S4Si/c1-9-27-49(28-10-1)47-67-59-45-25-43-57(63(59)69-54-37-19-6-20-38-54)66(58-44-26-46-60(68-48-50-29-11-2-12-30-50)64(58)70-55-39-21-7-22-40-55)62(52-33-15-4-16-34-52)61(51-31-13-3-14-32-51)65(53-35-17-5-18-36-53)71(66)56-41-23-8-24-42-56/h1-46H,47-48H2. The summed E-state index contributed by atoms with van der Waals surface area (Å²) in [6.45, 7) is 0. The molecule has 0 saturated carbocycles. The van der Waals surface area contributed by atoms with Crippen molar-refractivity contribution in [2.75, 3.05) is 0 Å². The van der Waals surface area contributed by atoms with Crippen LogP contribution in [0.2, 0.25) is 0 Å². The summed E-state index contributed by atoms with van der Waals surface area (Å²) in [5.74, 6) is 1.71. The molecule has 0 aliphatic carbocycles. The number of rotatable bonds is 16. The Labute approximate surface area is 437 Å². The summed E-state index contributed by atoms with van der Waals surface area (Å²) in [5.41, 5.74) is 11.7. The normalized spacial score (nSPS) is 13.1. The van der Waals surface area contributed by atoms with E-state index in [0.717, 1.165) is 11.5 Å². The fourth-order valence-corrected chi connectivity index (χ4v) is 18.7. The van der Waals surface area contributed by atoms with Crippen LogP contribution in [0.4, 0.5) is 0 Å². The lowest BCUT2D eigenvalue weighted by molar-refractivity contribution is 0.852. The molecular weight excluding hydrogens is 949 g/mol. The first kappa shape index (κ1) is 46.8. The van der Waals surface area contributed by atoms with Crippen molar-refractivity contribution < 1.29 is 0 Å². The lowest BCUT2D eigenvalue weighted by atomic mass is 9.76. The Morgan fingerprint density at radius 2 is 0.690 bits per heavy atom. The third-order valence-corrected chi connectivity index (χ3v) is 21.2. The van der Waals surface area contributed by atoms with Crippen molar-refractivity contribution in [1.29, 1.82) is 0 Å². The molecule has 0 nitrogen and oxygen atoms in total. The molecule has 0 amide bonds. The van der Waals surface area contributed by atoms with Crippen LogP contribution in [0.1, 0.15) is 38.9 Å². The quantitative estimate of drug-likeness (QED) is 0.0698. The van der Waals surface area contributed by atoms with Crippen LogP contribution < -0.4 is 5.19 Å². The van der Waals surface area contributed by atoms with Gasteiger partial charge in [-0.2, -0.15) is 0 Å². The number of thioether (sulfide) groups is 2. The molecule has 10 aromatic carbocycles. The zero-order valence-corrected chi connectivity index (χ0v) is 43.4. The molecule has 0 bridgehead atoms. The molecule has 0 N–H and O–H groups in total. The van der Waals surface area contributed by atoms with Crippen LogP contribution >= 0.6 is 47.0 Å². The fraction of sp³-hybridized carbons (Fsp3) is 0.0455. The van der Waals surface area contributed by atoms with Crippen LogP contribution in [0.3, 0.4) is 0 Å². The van der Waals surface area contributed by atoms with Gasteiger partial charge in [-0.05, 0) is 96.8 Å². The Hall–Kier alpha value is -6.57. The molecular formula is C66H50S4Si. The number of hydrogen-bond donors (Lipinski definition) is 0. The first-order valence-electron chi connectivity index (χ1n) is 24.0. The number of hydrogen-bond acceptors (Lipinski definition) is 4. The summed E-state index contributed by atoms with van der Waals surface area (Å²) in [6, 6.07) is 104. The van der Waals surface area contributed by atoms with Crippen LogP contribution in [-0.4, -0.2) is 13.6 Å². The maximum Gasteiger partial charge on any atom is 0.0770 e. The van der Waals surface area contributed by atoms with E-state index in [4.69, 9.17) is 0 Å². The van der Waals surface area contributed by atoms with Crippen molar-refractivity contribution in [1.82, 2.24) is 0 Å². The number of allylic oxidation sites excluding steroid dienone is 2. The maximum atomic E-state index is 2.51. The van der Waals surface area contributed by atoms with Crippen molar-refractivity contribution in [2.24, 2.45) is 0 Å². The number of benzene rings is 10. The molecule has 1 aliphatic rings. The molecule has 11 rings (SSSR count). The van der Waals surface area contributed by atoms with Gasteiger partial charge < -0.3 is 0 Å². The van der Waals surface area contributed by atoms with Crippen molar-refractivity contribution in [2.45, 2.75) is 45.9 Å². The van der Waals surface area contributed by atoms with Crippen LogP contribution in [0.25, 0.3) is 11.1 Å². The minimum atomic E-state index is -1.97. The van der Waals surface area contributed by atoms with Gasteiger partial charge in [0.2, 0.25) is 0 Å². The Bertz CT molecular complexity index is 3190. The molecule has 1 heterocycles. The zero-order valence-electron chi connectivity index (χ0n) is 39.1. The average molecular weight is 999 g/mol. The van der Waals surface area contributed by atoms with Gasteiger partial charge in [0.25, 0.3) is 0 Å². The minimum Gasteiger partial charge on any atom is -0.120 e. The van der Waals surface area contributed by atoms with Gasteiger partial charge in [0.1, 0.15) is 0 Å². The van der Waals surface area contributed by atoms with E-state index in [9.17, 15) is 0 Å². The molecule has 5 heteroatoms. The highest BCUT2D eigenvalue weighted by molar-refractivity contribution is 8.02. The van der Waals surface area contributed by atoms with E-state index < -0.39 is 13.4 Å².